The lowest BCUT2D eigenvalue weighted by Crippen LogP contribution is -2.55. The van der Waals surface area contributed by atoms with Crippen LogP contribution in [0.4, 0.5) is 0 Å². The van der Waals surface area contributed by atoms with Crippen LogP contribution in [0.5, 0.6) is 0 Å². The summed E-state index contributed by atoms with van der Waals surface area (Å²) in [5, 5.41) is 1.91. The summed E-state index contributed by atoms with van der Waals surface area (Å²) in [4.78, 5) is 13.8. The smallest absolute Gasteiger partial charge is 0.264 e. The van der Waals surface area contributed by atoms with Gasteiger partial charge in [-0.05, 0) is 7.05 Å². The van der Waals surface area contributed by atoms with Gasteiger partial charge in [-0.2, -0.15) is 0 Å². The molecular formula is C9H20N4O2. The molecule has 1 saturated heterocycles. The van der Waals surface area contributed by atoms with E-state index in [-0.39, 0.29) is 12.5 Å². The Kier molecular flexibility index (Phi) is 4.97. The number of methoxy groups -OCH3 is 1. The third kappa shape index (κ3) is 3.75. The Balaban J connectivity index is 2.31. The zero-order valence-electron chi connectivity index (χ0n) is 9.40. The molecule has 3 N–H and O–H groups in total. The molecule has 6 heteroatoms. The maximum atomic E-state index is 11.6. The molecule has 0 aliphatic carbocycles. The van der Waals surface area contributed by atoms with Gasteiger partial charge in [0.2, 0.25) is 0 Å². The highest BCUT2D eigenvalue weighted by atomic mass is 16.5. The first-order chi connectivity index (χ1) is 7.17. The summed E-state index contributed by atoms with van der Waals surface area (Å²) in [7, 11) is 3.55. The van der Waals surface area contributed by atoms with Gasteiger partial charge in [0, 0.05) is 39.8 Å². The second-order valence-corrected chi connectivity index (χ2v) is 3.73. The molecule has 0 spiro atoms. The molecule has 1 aliphatic heterocycles. The highest BCUT2D eigenvalue weighted by molar-refractivity contribution is 5.80. The number of ether oxygens (including phenoxy) is 1. The van der Waals surface area contributed by atoms with Crippen molar-refractivity contribution in [1.29, 1.82) is 0 Å². The van der Waals surface area contributed by atoms with Crippen molar-refractivity contribution in [3.05, 3.63) is 0 Å². The lowest BCUT2D eigenvalue weighted by Gasteiger charge is -2.33. The largest absolute Gasteiger partial charge is 0.370 e. The molecule has 0 aromatic rings. The first-order valence-electron chi connectivity index (χ1n) is 5.14. The predicted molar refractivity (Wildman–Crippen MR) is 57.1 cm³/mol. The minimum Gasteiger partial charge on any atom is -0.370 e. The summed E-state index contributed by atoms with van der Waals surface area (Å²) in [5.74, 6) is -0.162. The van der Waals surface area contributed by atoms with E-state index >= 15 is 0 Å². The molecule has 0 aromatic carbocycles. The molecule has 1 aliphatic rings. The van der Waals surface area contributed by atoms with Gasteiger partial charge in [-0.25, -0.2) is 5.01 Å². The van der Waals surface area contributed by atoms with Crippen LogP contribution in [-0.4, -0.2) is 68.8 Å². The topological polar surface area (TPSA) is 70.8 Å². The van der Waals surface area contributed by atoms with Crippen LogP contribution in [0.15, 0.2) is 0 Å². The zero-order chi connectivity index (χ0) is 11.3. The van der Waals surface area contributed by atoms with E-state index in [1.54, 1.807) is 0 Å². The molecule has 1 amide bonds. The summed E-state index contributed by atoms with van der Waals surface area (Å²) < 4.78 is 4.95. The van der Waals surface area contributed by atoms with Crippen molar-refractivity contribution in [1.82, 2.24) is 15.3 Å². The van der Waals surface area contributed by atoms with Crippen molar-refractivity contribution in [2.24, 2.45) is 5.73 Å². The highest BCUT2D eigenvalue weighted by Gasteiger charge is 2.20. The van der Waals surface area contributed by atoms with Crippen molar-refractivity contribution in [3.63, 3.8) is 0 Å². The van der Waals surface area contributed by atoms with Crippen LogP contribution < -0.4 is 11.2 Å². The Morgan fingerprint density at radius 2 is 2.07 bits per heavy atom. The Bertz CT molecular complexity index is 200. The number of carbonyl (C=O) groups excluding carboxylic acids is 1. The number of nitrogens with one attached hydrogen (secondary N) is 1. The lowest BCUT2D eigenvalue weighted by molar-refractivity contribution is -0.136. The molecule has 15 heavy (non-hydrogen) atoms. The number of amides is 1. The third-order valence-corrected chi connectivity index (χ3v) is 2.56. The summed E-state index contributed by atoms with van der Waals surface area (Å²) in [6, 6.07) is 0. The molecular weight excluding hydrogens is 196 g/mol. The van der Waals surface area contributed by atoms with Crippen LogP contribution in [0.25, 0.3) is 0 Å². The molecule has 0 bridgehead atoms. The van der Waals surface area contributed by atoms with Gasteiger partial charge >= 0.3 is 0 Å². The molecule has 0 radical (unpaired) electrons. The van der Waals surface area contributed by atoms with Crippen molar-refractivity contribution < 1.29 is 9.53 Å². The number of piperazine rings is 1. The zero-order valence-corrected chi connectivity index (χ0v) is 9.40. The van der Waals surface area contributed by atoms with E-state index in [9.17, 15) is 4.79 Å². The Hall–Kier alpha value is -0.690. The number of nitrogens with two attached hydrogens (primary N) is 1. The van der Waals surface area contributed by atoms with Gasteiger partial charge in [-0.1, -0.05) is 0 Å². The molecule has 88 valence electrons. The normalized spacial score (nSPS) is 21.3. The molecule has 1 rings (SSSR count). The van der Waals surface area contributed by atoms with Crippen molar-refractivity contribution in [3.8, 4) is 0 Å². The van der Waals surface area contributed by atoms with Gasteiger partial charge in [-0.3, -0.25) is 10.2 Å². The van der Waals surface area contributed by atoms with Crippen LogP contribution in [0.2, 0.25) is 0 Å². The Morgan fingerprint density at radius 3 is 2.53 bits per heavy atom. The average Bonchev–Trinajstić information content (AvgIpc) is 2.23. The van der Waals surface area contributed by atoms with E-state index in [1.807, 2.05) is 5.01 Å². The van der Waals surface area contributed by atoms with E-state index in [4.69, 9.17) is 10.5 Å². The number of rotatable bonds is 4. The van der Waals surface area contributed by atoms with E-state index in [0.29, 0.717) is 0 Å². The summed E-state index contributed by atoms with van der Waals surface area (Å²) in [5.41, 5.74) is 8.20. The lowest BCUT2D eigenvalue weighted by atomic mass is 10.3. The Morgan fingerprint density at radius 1 is 1.47 bits per heavy atom. The second kappa shape index (κ2) is 6.02. The monoisotopic (exact) mass is 216 g/mol. The second-order valence-electron chi connectivity index (χ2n) is 3.73. The predicted octanol–water partition coefficient (Wildman–Crippen LogP) is -1.76. The number of hydrogen-bond donors (Lipinski definition) is 2. The molecule has 6 nitrogen and oxygen atoms in total. The quantitative estimate of drug-likeness (QED) is 0.582. The fraction of sp³-hybridized carbons (Fsp3) is 0.889. The summed E-state index contributed by atoms with van der Waals surface area (Å²) in [6.45, 7) is 3.80. The van der Waals surface area contributed by atoms with Crippen LogP contribution >= 0.6 is 0 Å². The summed E-state index contributed by atoms with van der Waals surface area (Å²) in [6.07, 6.45) is -0.551. The number of carbonyl (C=O) groups is 1. The molecule has 1 heterocycles. The maximum absolute atomic E-state index is 11.6. The first-order valence-corrected chi connectivity index (χ1v) is 5.14. The highest BCUT2D eigenvalue weighted by Crippen LogP contribution is 1.96. The number of nitrogens with zero attached hydrogens (tertiary/aromatic N) is 2. The first kappa shape index (κ1) is 12.4. The number of hydrazine groups is 1. The Labute approximate surface area is 90.3 Å². The minimum atomic E-state index is -0.551. The van der Waals surface area contributed by atoms with Crippen molar-refractivity contribution >= 4 is 5.91 Å². The van der Waals surface area contributed by atoms with Gasteiger partial charge in [-0.15, -0.1) is 0 Å². The molecule has 1 atom stereocenters. The fourth-order valence-corrected chi connectivity index (χ4v) is 1.46. The summed E-state index contributed by atoms with van der Waals surface area (Å²) >= 11 is 0. The number of likely N-dealkylation sites (N-methyl/N-ethyl adjacent to an activating group) is 1. The van der Waals surface area contributed by atoms with E-state index in [0.717, 1.165) is 26.2 Å². The SMILES string of the molecule is COC(CN)C(=O)NN1CCN(C)CC1. The fourth-order valence-electron chi connectivity index (χ4n) is 1.46. The van der Waals surface area contributed by atoms with Crippen molar-refractivity contribution in [2.75, 3.05) is 46.9 Å². The molecule has 1 unspecified atom stereocenters. The van der Waals surface area contributed by atoms with Crippen LogP contribution in [0.3, 0.4) is 0 Å². The van der Waals surface area contributed by atoms with Gasteiger partial charge < -0.3 is 15.4 Å². The minimum absolute atomic E-state index is 0.162. The maximum Gasteiger partial charge on any atom is 0.264 e. The third-order valence-electron chi connectivity index (χ3n) is 2.56. The van der Waals surface area contributed by atoms with Gasteiger partial charge in [0.25, 0.3) is 5.91 Å². The van der Waals surface area contributed by atoms with Gasteiger partial charge in [0.05, 0.1) is 0 Å². The molecule has 0 saturated carbocycles. The van der Waals surface area contributed by atoms with Crippen LogP contribution in [0, 0.1) is 0 Å². The van der Waals surface area contributed by atoms with Crippen LogP contribution in [-0.2, 0) is 9.53 Å². The number of hydrogen-bond acceptors (Lipinski definition) is 5. The molecule has 0 aromatic heterocycles. The van der Waals surface area contributed by atoms with E-state index in [2.05, 4.69) is 17.4 Å². The standard InChI is InChI=1S/C9H20N4O2/c1-12-3-5-13(6-4-12)11-9(14)8(7-10)15-2/h8H,3-7,10H2,1-2H3,(H,11,14). The van der Waals surface area contributed by atoms with E-state index < -0.39 is 6.10 Å². The van der Waals surface area contributed by atoms with E-state index in [1.165, 1.54) is 7.11 Å². The van der Waals surface area contributed by atoms with Crippen LogP contribution in [0.1, 0.15) is 0 Å². The average molecular weight is 216 g/mol. The molecule has 1 fully saturated rings. The van der Waals surface area contributed by atoms with Gasteiger partial charge in [0.15, 0.2) is 0 Å². The van der Waals surface area contributed by atoms with Crippen molar-refractivity contribution in [2.45, 2.75) is 6.10 Å². The van der Waals surface area contributed by atoms with Gasteiger partial charge in [0.1, 0.15) is 6.10 Å².